The van der Waals surface area contributed by atoms with Crippen LogP contribution in [-0.2, 0) is 0 Å². The molecule has 0 bridgehead atoms. The van der Waals surface area contributed by atoms with Crippen molar-refractivity contribution in [3.05, 3.63) is 79.9 Å². The molecular formula is C18H14ClN3O3S. The van der Waals surface area contributed by atoms with Crippen LogP contribution in [0, 0.1) is 0 Å². The van der Waals surface area contributed by atoms with E-state index in [4.69, 9.17) is 16.3 Å². The summed E-state index contributed by atoms with van der Waals surface area (Å²) in [6.07, 6.45) is 1.36. The zero-order valence-electron chi connectivity index (χ0n) is 13.7. The highest BCUT2D eigenvalue weighted by molar-refractivity contribution is 7.11. The van der Waals surface area contributed by atoms with Crippen molar-refractivity contribution in [1.82, 2.24) is 9.99 Å². The summed E-state index contributed by atoms with van der Waals surface area (Å²) >= 11 is 7.23. The number of nitrogens with one attached hydrogen (secondary N) is 1. The molecule has 0 saturated carbocycles. The zero-order valence-corrected chi connectivity index (χ0v) is 15.3. The van der Waals surface area contributed by atoms with Crippen molar-refractivity contribution in [3.63, 3.8) is 0 Å². The second kappa shape index (κ2) is 7.99. The molecular weight excluding hydrogens is 374 g/mol. The third kappa shape index (κ3) is 3.84. The number of nitrogens with zero attached hydrogens (tertiary/aromatic N) is 2. The molecule has 2 aromatic carbocycles. The van der Waals surface area contributed by atoms with Gasteiger partial charge in [-0.25, -0.2) is 5.43 Å². The summed E-state index contributed by atoms with van der Waals surface area (Å²) in [6, 6.07) is 15.7. The number of benzene rings is 2. The molecule has 3 aromatic rings. The van der Waals surface area contributed by atoms with E-state index >= 15 is 0 Å². The molecule has 3 rings (SSSR count). The number of rotatable bonds is 5. The van der Waals surface area contributed by atoms with Gasteiger partial charge in [-0.3, -0.25) is 14.2 Å². The Morgan fingerprint density at radius 2 is 1.88 bits per heavy atom. The van der Waals surface area contributed by atoms with Gasteiger partial charge < -0.3 is 4.74 Å². The lowest BCUT2D eigenvalue weighted by Crippen LogP contribution is -2.17. The van der Waals surface area contributed by atoms with E-state index in [-0.39, 0.29) is 15.9 Å². The lowest BCUT2D eigenvalue weighted by atomic mass is 10.2. The van der Waals surface area contributed by atoms with E-state index in [2.05, 4.69) is 10.5 Å². The molecule has 132 valence electrons. The Morgan fingerprint density at radius 3 is 2.54 bits per heavy atom. The average molecular weight is 388 g/mol. The minimum atomic E-state index is -0.380. The molecule has 1 aromatic heterocycles. The number of methoxy groups -OCH3 is 1. The van der Waals surface area contributed by atoms with Gasteiger partial charge in [0.15, 0.2) is 0 Å². The molecule has 0 atom stereocenters. The van der Waals surface area contributed by atoms with E-state index in [0.29, 0.717) is 21.9 Å². The zero-order chi connectivity index (χ0) is 18.5. The van der Waals surface area contributed by atoms with Gasteiger partial charge in [-0.15, -0.1) is 0 Å². The second-order valence-electron chi connectivity index (χ2n) is 5.12. The average Bonchev–Trinajstić information content (AvgIpc) is 2.96. The van der Waals surface area contributed by atoms with Crippen LogP contribution in [-0.4, -0.2) is 23.8 Å². The molecule has 0 saturated heterocycles. The van der Waals surface area contributed by atoms with Crippen LogP contribution in [0.3, 0.4) is 0 Å². The Morgan fingerprint density at radius 1 is 1.19 bits per heavy atom. The summed E-state index contributed by atoms with van der Waals surface area (Å²) in [7, 11) is 1.55. The minimum absolute atomic E-state index is 0.232. The van der Waals surface area contributed by atoms with Crippen molar-refractivity contribution in [1.29, 1.82) is 0 Å². The summed E-state index contributed by atoms with van der Waals surface area (Å²) in [6.45, 7) is 0. The highest BCUT2D eigenvalue weighted by Crippen LogP contribution is 2.21. The van der Waals surface area contributed by atoms with Crippen molar-refractivity contribution in [2.45, 2.75) is 0 Å². The molecule has 0 aliphatic carbocycles. The van der Waals surface area contributed by atoms with Crippen molar-refractivity contribution >= 4 is 35.1 Å². The fourth-order valence-corrected chi connectivity index (χ4v) is 3.35. The number of thiazole rings is 1. The van der Waals surface area contributed by atoms with E-state index in [9.17, 15) is 9.59 Å². The van der Waals surface area contributed by atoms with Crippen molar-refractivity contribution in [2.24, 2.45) is 5.10 Å². The Balaban J connectivity index is 1.75. The SMILES string of the molecule is COc1ccc(C(=O)N/N=C/c2sc(=O)n(-c3ccccc3)c2Cl)cc1. The largest absolute Gasteiger partial charge is 0.497 e. The number of carbonyl (C=O) groups excluding carboxylic acids is 1. The molecule has 0 fully saturated rings. The van der Waals surface area contributed by atoms with Gasteiger partial charge in [0, 0.05) is 5.56 Å². The van der Waals surface area contributed by atoms with Crippen LogP contribution in [0.2, 0.25) is 5.15 Å². The van der Waals surface area contributed by atoms with Gasteiger partial charge in [-0.2, -0.15) is 5.10 Å². The Bertz CT molecular complexity index is 995. The van der Waals surface area contributed by atoms with Crippen LogP contribution in [0.5, 0.6) is 5.75 Å². The lowest BCUT2D eigenvalue weighted by molar-refractivity contribution is 0.0955. The number of hydrazone groups is 1. The van der Waals surface area contributed by atoms with Crippen molar-refractivity contribution in [3.8, 4) is 11.4 Å². The maximum absolute atomic E-state index is 12.2. The fourth-order valence-electron chi connectivity index (χ4n) is 2.20. The molecule has 0 radical (unpaired) electrons. The van der Waals surface area contributed by atoms with Crippen LogP contribution < -0.4 is 15.0 Å². The Labute approximate surface area is 158 Å². The van der Waals surface area contributed by atoms with Gasteiger partial charge in [0.2, 0.25) is 0 Å². The third-order valence-corrected chi connectivity index (χ3v) is 4.85. The molecule has 1 amide bonds. The first kappa shape index (κ1) is 17.9. The van der Waals surface area contributed by atoms with Crippen LogP contribution in [0.4, 0.5) is 0 Å². The molecule has 6 nitrogen and oxygen atoms in total. The molecule has 0 aliphatic rings. The smallest absolute Gasteiger partial charge is 0.313 e. The van der Waals surface area contributed by atoms with Crippen molar-refractivity contribution < 1.29 is 9.53 Å². The van der Waals surface area contributed by atoms with Crippen LogP contribution >= 0.6 is 22.9 Å². The predicted octanol–water partition coefficient (Wildman–Crippen LogP) is 3.32. The Hall–Kier alpha value is -2.90. The first-order valence-corrected chi connectivity index (χ1v) is 8.74. The fraction of sp³-hybridized carbons (Fsp3) is 0.0556. The summed E-state index contributed by atoms with van der Waals surface area (Å²) in [4.78, 5) is 24.4. The highest BCUT2D eigenvalue weighted by atomic mass is 35.5. The van der Waals surface area contributed by atoms with Gasteiger partial charge >= 0.3 is 4.87 Å². The number of para-hydroxylation sites is 1. The molecule has 0 spiro atoms. The van der Waals surface area contributed by atoms with Gasteiger partial charge in [-0.1, -0.05) is 41.1 Å². The molecule has 8 heteroatoms. The maximum atomic E-state index is 12.2. The second-order valence-corrected chi connectivity index (χ2v) is 6.47. The van der Waals surface area contributed by atoms with Crippen LogP contribution in [0.15, 0.2) is 64.5 Å². The molecule has 0 unspecified atom stereocenters. The maximum Gasteiger partial charge on any atom is 0.313 e. The first-order valence-electron chi connectivity index (χ1n) is 7.54. The summed E-state index contributed by atoms with van der Waals surface area (Å²) in [5, 5.41) is 4.13. The summed E-state index contributed by atoms with van der Waals surface area (Å²) in [5.41, 5.74) is 3.51. The van der Waals surface area contributed by atoms with E-state index < -0.39 is 0 Å². The normalized spacial score (nSPS) is 10.8. The number of halogens is 1. The quantitative estimate of drug-likeness (QED) is 0.539. The number of ether oxygens (including phenoxy) is 1. The van der Waals surface area contributed by atoms with E-state index in [1.165, 1.54) is 10.8 Å². The van der Waals surface area contributed by atoms with Gasteiger partial charge in [0.05, 0.1) is 23.9 Å². The summed E-state index contributed by atoms with van der Waals surface area (Å²) in [5.74, 6) is 0.277. The van der Waals surface area contributed by atoms with Gasteiger partial charge in [0.25, 0.3) is 5.91 Å². The number of hydrogen-bond acceptors (Lipinski definition) is 5. The third-order valence-electron chi connectivity index (χ3n) is 3.49. The monoisotopic (exact) mass is 387 g/mol. The predicted molar refractivity (Wildman–Crippen MR) is 103 cm³/mol. The van der Waals surface area contributed by atoms with E-state index in [1.54, 1.807) is 43.5 Å². The molecule has 1 heterocycles. The van der Waals surface area contributed by atoms with Crippen LogP contribution in [0.25, 0.3) is 5.69 Å². The highest BCUT2D eigenvalue weighted by Gasteiger charge is 2.13. The number of amides is 1. The van der Waals surface area contributed by atoms with Crippen molar-refractivity contribution in [2.75, 3.05) is 7.11 Å². The topological polar surface area (TPSA) is 72.7 Å². The van der Waals surface area contributed by atoms with Gasteiger partial charge in [-0.05, 0) is 36.4 Å². The number of hydrogen-bond donors (Lipinski definition) is 1. The van der Waals surface area contributed by atoms with E-state index in [1.807, 2.05) is 18.2 Å². The van der Waals surface area contributed by atoms with Gasteiger partial charge in [0.1, 0.15) is 10.9 Å². The minimum Gasteiger partial charge on any atom is -0.497 e. The summed E-state index contributed by atoms with van der Waals surface area (Å²) < 4.78 is 6.43. The Kier molecular flexibility index (Phi) is 5.50. The number of aromatic nitrogens is 1. The number of carbonyl (C=O) groups is 1. The lowest BCUT2D eigenvalue weighted by Gasteiger charge is -2.02. The first-order chi connectivity index (χ1) is 12.6. The van der Waals surface area contributed by atoms with E-state index in [0.717, 1.165) is 11.3 Å². The molecule has 26 heavy (non-hydrogen) atoms. The molecule has 1 N–H and O–H groups in total. The molecule has 0 aliphatic heterocycles. The standard InChI is InChI=1S/C18H14ClN3O3S/c1-25-14-9-7-12(8-10-14)17(23)21-20-11-15-16(19)22(18(24)26-15)13-5-3-2-4-6-13/h2-11H,1H3,(H,21,23)/b20-11+. The van der Waals surface area contributed by atoms with Crippen LogP contribution in [0.1, 0.15) is 15.2 Å².